The molecule has 0 saturated carbocycles. The van der Waals surface area contributed by atoms with Crippen LogP contribution in [0.3, 0.4) is 0 Å². The van der Waals surface area contributed by atoms with Gasteiger partial charge in [0.1, 0.15) is 0 Å². The minimum atomic E-state index is 0. The summed E-state index contributed by atoms with van der Waals surface area (Å²) in [6.07, 6.45) is 1.59. The highest BCUT2D eigenvalue weighted by Crippen LogP contribution is 2.10. The van der Waals surface area contributed by atoms with Gasteiger partial charge in [-0.2, -0.15) is 4.98 Å². The molecule has 21 heavy (non-hydrogen) atoms. The van der Waals surface area contributed by atoms with Crippen molar-refractivity contribution >= 4 is 29.9 Å². The maximum absolute atomic E-state index is 5.94. The second-order valence-electron chi connectivity index (χ2n) is 5.14. The first-order valence-electron chi connectivity index (χ1n) is 7.12. The van der Waals surface area contributed by atoms with Crippen LogP contribution in [-0.4, -0.2) is 53.8 Å². The zero-order chi connectivity index (χ0) is 14.4. The van der Waals surface area contributed by atoms with Crippen molar-refractivity contribution in [1.29, 1.82) is 0 Å². The van der Waals surface area contributed by atoms with Crippen LogP contribution in [0.4, 0.5) is 0 Å². The molecule has 8 heteroatoms. The molecule has 1 aromatic heterocycles. The minimum Gasteiger partial charge on any atom is -0.378 e. The molecule has 7 nitrogen and oxygen atoms in total. The van der Waals surface area contributed by atoms with Gasteiger partial charge in [0.05, 0.1) is 13.2 Å². The first-order chi connectivity index (χ1) is 9.66. The standard InChI is InChI=1S/C13H23N5O2.HI/c1-10(2)12-16-11(20-17-12)4-3-5-15-13(14)18-6-8-19-9-7-18;/h10H,3-9H2,1-2H3,(H2,14,15);1H. The summed E-state index contributed by atoms with van der Waals surface area (Å²) in [4.78, 5) is 10.8. The number of aromatic nitrogens is 2. The highest BCUT2D eigenvalue weighted by atomic mass is 127. The number of nitrogens with two attached hydrogens (primary N) is 1. The van der Waals surface area contributed by atoms with Crippen molar-refractivity contribution in [2.75, 3.05) is 32.8 Å². The van der Waals surface area contributed by atoms with Crippen LogP contribution >= 0.6 is 24.0 Å². The number of aryl methyl sites for hydroxylation is 1. The van der Waals surface area contributed by atoms with Gasteiger partial charge in [0.15, 0.2) is 11.8 Å². The molecular weight excluding hydrogens is 385 g/mol. The van der Waals surface area contributed by atoms with Crippen LogP contribution in [0.1, 0.15) is 37.9 Å². The van der Waals surface area contributed by atoms with Crippen LogP contribution < -0.4 is 5.73 Å². The number of nitrogens with zero attached hydrogens (tertiary/aromatic N) is 4. The van der Waals surface area contributed by atoms with Crippen molar-refractivity contribution in [3.05, 3.63) is 11.7 Å². The fraction of sp³-hybridized carbons (Fsp3) is 0.769. The molecule has 0 radical (unpaired) electrons. The van der Waals surface area contributed by atoms with E-state index in [-0.39, 0.29) is 24.0 Å². The highest BCUT2D eigenvalue weighted by molar-refractivity contribution is 14.0. The second-order valence-corrected chi connectivity index (χ2v) is 5.14. The summed E-state index contributed by atoms with van der Waals surface area (Å²) in [5, 5.41) is 3.93. The molecule has 1 fully saturated rings. The number of morpholine rings is 1. The van der Waals surface area contributed by atoms with E-state index in [9.17, 15) is 0 Å². The topological polar surface area (TPSA) is 89.8 Å². The molecule has 1 aliphatic heterocycles. The SMILES string of the molecule is CC(C)c1noc(CCCN=C(N)N2CCOCC2)n1.I. The van der Waals surface area contributed by atoms with Gasteiger partial charge >= 0.3 is 0 Å². The van der Waals surface area contributed by atoms with E-state index in [4.69, 9.17) is 15.0 Å². The summed E-state index contributed by atoms with van der Waals surface area (Å²) in [5.41, 5.74) is 5.94. The lowest BCUT2D eigenvalue weighted by Gasteiger charge is -2.27. The van der Waals surface area contributed by atoms with E-state index >= 15 is 0 Å². The molecule has 0 spiro atoms. The average Bonchev–Trinajstić information content (AvgIpc) is 2.93. The van der Waals surface area contributed by atoms with E-state index in [0.717, 1.165) is 45.0 Å². The fourth-order valence-electron chi connectivity index (χ4n) is 1.92. The third kappa shape index (κ3) is 5.77. The Morgan fingerprint density at radius 2 is 2.10 bits per heavy atom. The van der Waals surface area contributed by atoms with Crippen LogP contribution in [0, 0.1) is 0 Å². The quantitative estimate of drug-likeness (QED) is 0.342. The van der Waals surface area contributed by atoms with Crippen LogP contribution in [0.25, 0.3) is 0 Å². The predicted octanol–water partition coefficient (Wildman–Crippen LogP) is 1.39. The van der Waals surface area contributed by atoms with E-state index in [2.05, 4.69) is 15.1 Å². The van der Waals surface area contributed by atoms with Crippen LogP contribution in [0.5, 0.6) is 0 Å². The molecule has 120 valence electrons. The smallest absolute Gasteiger partial charge is 0.226 e. The maximum atomic E-state index is 5.94. The first-order valence-corrected chi connectivity index (χ1v) is 7.12. The number of rotatable bonds is 5. The Balaban J connectivity index is 0.00000220. The van der Waals surface area contributed by atoms with Gasteiger partial charge in [0.2, 0.25) is 5.89 Å². The van der Waals surface area contributed by atoms with Crippen molar-refractivity contribution in [2.24, 2.45) is 10.7 Å². The largest absolute Gasteiger partial charge is 0.378 e. The maximum Gasteiger partial charge on any atom is 0.226 e. The summed E-state index contributed by atoms with van der Waals surface area (Å²) in [6, 6.07) is 0. The summed E-state index contributed by atoms with van der Waals surface area (Å²) >= 11 is 0. The molecule has 2 N–H and O–H groups in total. The van der Waals surface area contributed by atoms with Gasteiger partial charge in [-0.3, -0.25) is 4.99 Å². The summed E-state index contributed by atoms with van der Waals surface area (Å²) in [7, 11) is 0. The Morgan fingerprint density at radius 3 is 2.71 bits per heavy atom. The van der Waals surface area contributed by atoms with E-state index < -0.39 is 0 Å². The van der Waals surface area contributed by atoms with E-state index in [1.165, 1.54) is 0 Å². The molecule has 2 heterocycles. The van der Waals surface area contributed by atoms with Crippen molar-refractivity contribution < 1.29 is 9.26 Å². The van der Waals surface area contributed by atoms with Crippen LogP contribution in [0.15, 0.2) is 9.52 Å². The monoisotopic (exact) mass is 409 g/mol. The van der Waals surface area contributed by atoms with Gasteiger partial charge in [-0.05, 0) is 6.42 Å². The summed E-state index contributed by atoms with van der Waals surface area (Å²) in [5.74, 6) is 2.33. The molecule has 0 bridgehead atoms. The molecule has 0 amide bonds. The highest BCUT2D eigenvalue weighted by Gasteiger charge is 2.12. The Labute approximate surface area is 142 Å². The van der Waals surface area contributed by atoms with E-state index in [1.54, 1.807) is 0 Å². The Kier molecular flexibility index (Phi) is 7.94. The number of aliphatic imine (C=N–C) groups is 1. The van der Waals surface area contributed by atoms with Gasteiger partial charge in [-0.25, -0.2) is 0 Å². The molecule has 0 unspecified atom stereocenters. The van der Waals surface area contributed by atoms with E-state index in [1.807, 2.05) is 18.7 Å². The first kappa shape index (κ1) is 18.1. The molecule has 2 rings (SSSR count). The van der Waals surface area contributed by atoms with Gasteiger partial charge in [-0.1, -0.05) is 19.0 Å². The zero-order valence-electron chi connectivity index (χ0n) is 12.6. The lowest BCUT2D eigenvalue weighted by atomic mass is 10.2. The molecule has 0 atom stereocenters. The number of ether oxygens (including phenoxy) is 1. The predicted molar refractivity (Wildman–Crippen MR) is 91.0 cm³/mol. The van der Waals surface area contributed by atoms with Crippen LogP contribution in [0.2, 0.25) is 0 Å². The van der Waals surface area contributed by atoms with E-state index in [0.29, 0.717) is 24.3 Å². The third-order valence-corrected chi connectivity index (χ3v) is 3.16. The number of hydrogen-bond donors (Lipinski definition) is 1. The normalized spacial score (nSPS) is 16.1. The van der Waals surface area contributed by atoms with Crippen molar-refractivity contribution in [3.8, 4) is 0 Å². The Bertz CT molecular complexity index is 444. The van der Waals surface area contributed by atoms with Crippen LogP contribution in [-0.2, 0) is 11.2 Å². The second kappa shape index (κ2) is 9.19. The summed E-state index contributed by atoms with van der Waals surface area (Å²) < 4.78 is 10.5. The lowest BCUT2D eigenvalue weighted by molar-refractivity contribution is 0.0674. The number of guanidine groups is 1. The zero-order valence-corrected chi connectivity index (χ0v) is 14.9. The van der Waals surface area contributed by atoms with Gasteiger partial charge < -0.3 is 19.9 Å². The Hall–Kier alpha value is -0.900. The van der Waals surface area contributed by atoms with Gasteiger partial charge in [0, 0.05) is 32.0 Å². The molecule has 1 aromatic rings. The summed E-state index contributed by atoms with van der Waals surface area (Å²) in [6.45, 7) is 7.83. The Morgan fingerprint density at radius 1 is 1.38 bits per heavy atom. The lowest BCUT2D eigenvalue weighted by Crippen LogP contribution is -2.44. The van der Waals surface area contributed by atoms with Crippen molar-refractivity contribution in [1.82, 2.24) is 15.0 Å². The van der Waals surface area contributed by atoms with Crippen molar-refractivity contribution in [2.45, 2.75) is 32.6 Å². The molecule has 0 aliphatic carbocycles. The van der Waals surface area contributed by atoms with Gasteiger partial charge in [0.25, 0.3) is 0 Å². The molecule has 1 saturated heterocycles. The minimum absolute atomic E-state index is 0. The average molecular weight is 409 g/mol. The number of halogens is 1. The fourth-order valence-corrected chi connectivity index (χ4v) is 1.92. The third-order valence-electron chi connectivity index (χ3n) is 3.16. The van der Waals surface area contributed by atoms with Gasteiger partial charge in [-0.15, -0.1) is 24.0 Å². The molecule has 0 aromatic carbocycles. The molecule has 1 aliphatic rings. The number of hydrogen-bond acceptors (Lipinski definition) is 5. The molecular formula is C13H24IN5O2. The van der Waals surface area contributed by atoms with Crippen molar-refractivity contribution in [3.63, 3.8) is 0 Å².